The number of aromatic amines is 1. The second-order valence-electron chi connectivity index (χ2n) is 5.35. The van der Waals surface area contributed by atoms with Gasteiger partial charge in [-0.15, -0.1) is 0 Å². The number of nitrogens with one attached hydrogen (secondary N) is 1. The monoisotopic (exact) mass is 293 g/mol. The summed E-state index contributed by atoms with van der Waals surface area (Å²) in [6, 6.07) is 15.9. The molecule has 0 bridgehead atoms. The van der Waals surface area contributed by atoms with Crippen LogP contribution in [0.5, 0.6) is 5.75 Å². The minimum absolute atomic E-state index is 0.186. The zero-order valence-electron chi connectivity index (χ0n) is 12.0. The Morgan fingerprint density at radius 3 is 2.86 bits per heavy atom. The molecule has 22 heavy (non-hydrogen) atoms. The number of benzene rings is 2. The quantitative estimate of drug-likeness (QED) is 0.805. The summed E-state index contributed by atoms with van der Waals surface area (Å²) in [4.78, 5) is 11.8. The molecule has 110 valence electrons. The van der Waals surface area contributed by atoms with Crippen molar-refractivity contribution in [1.82, 2.24) is 14.8 Å². The molecule has 3 aromatic rings. The highest BCUT2D eigenvalue weighted by molar-refractivity contribution is 5.48. The van der Waals surface area contributed by atoms with Gasteiger partial charge in [0, 0.05) is 6.42 Å². The molecule has 1 aliphatic rings. The maximum Gasteiger partial charge on any atom is 0.347 e. The second kappa shape index (κ2) is 5.18. The number of nitrogens with zero attached hydrogens (tertiary/aromatic N) is 2. The summed E-state index contributed by atoms with van der Waals surface area (Å²) in [7, 11) is 0. The van der Waals surface area contributed by atoms with Gasteiger partial charge in [0.2, 0.25) is 0 Å². The normalized spacial score (nSPS) is 12.5. The standard InChI is InChI=1S/C17H15N3O2/c21-17-19-18-16-9-6-13-10-14(7-8-15(13)20(16)17)22-11-12-4-2-1-3-5-12/h1-5,7-8,10H,6,9,11H2,(H,19,21). The summed E-state index contributed by atoms with van der Waals surface area (Å²) in [6.45, 7) is 0.538. The number of hydrogen-bond acceptors (Lipinski definition) is 3. The van der Waals surface area contributed by atoms with Crippen LogP contribution in [0.25, 0.3) is 5.69 Å². The number of aryl methyl sites for hydroxylation is 2. The van der Waals surface area contributed by atoms with E-state index in [1.54, 1.807) is 4.57 Å². The molecule has 1 aliphatic heterocycles. The van der Waals surface area contributed by atoms with Crippen LogP contribution in [0, 0.1) is 0 Å². The van der Waals surface area contributed by atoms with E-state index in [4.69, 9.17) is 4.74 Å². The lowest BCUT2D eigenvalue weighted by Crippen LogP contribution is -2.22. The maximum atomic E-state index is 11.8. The van der Waals surface area contributed by atoms with E-state index < -0.39 is 0 Å². The van der Waals surface area contributed by atoms with E-state index in [1.807, 2.05) is 48.5 Å². The molecule has 0 fully saturated rings. The predicted molar refractivity (Wildman–Crippen MR) is 82.4 cm³/mol. The van der Waals surface area contributed by atoms with E-state index in [9.17, 15) is 4.79 Å². The molecule has 0 spiro atoms. The van der Waals surface area contributed by atoms with E-state index in [0.29, 0.717) is 6.61 Å². The summed E-state index contributed by atoms with van der Waals surface area (Å²) in [5.41, 5.74) is 2.95. The Balaban J connectivity index is 1.61. The fraction of sp³-hybridized carbons (Fsp3) is 0.176. The Hall–Kier alpha value is -2.82. The third kappa shape index (κ3) is 2.20. The molecule has 2 aromatic carbocycles. The molecule has 5 nitrogen and oxygen atoms in total. The average molecular weight is 293 g/mol. The van der Waals surface area contributed by atoms with E-state index in [1.165, 1.54) is 0 Å². The number of rotatable bonds is 3. The van der Waals surface area contributed by atoms with Gasteiger partial charge in [-0.2, -0.15) is 5.10 Å². The zero-order valence-corrected chi connectivity index (χ0v) is 12.0. The van der Waals surface area contributed by atoms with Gasteiger partial charge in [0.25, 0.3) is 0 Å². The van der Waals surface area contributed by atoms with Gasteiger partial charge in [0.15, 0.2) is 0 Å². The second-order valence-corrected chi connectivity index (χ2v) is 5.35. The third-order valence-corrected chi connectivity index (χ3v) is 3.90. The van der Waals surface area contributed by atoms with Gasteiger partial charge in [-0.05, 0) is 35.7 Å². The van der Waals surface area contributed by atoms with E-state index in [2.05, 4.69) is 10.2 Å². The minimum atomic E-state index is -0.186. The molecule has 0 aliphatic carbocycles. The highest BCUT2D eigenvalue weighted by atomic mass is 16.5. The molecular weight excluding hydrogens is 278 g/mol. The van der Waals surface area contributed by atoms with Gasteiger partial charge in [-0.1, -0.05) is 30.3 Å². The molecule has 1 N–H and O–H groups in total. The van der Waals surface area contributed by atoms with Gasteiger partial charge < -0.3 is 4.74 Å². The molecule has 2 heterocycles. The number of H-pyrrole nitrogens is 1. The fourth-order valence-electron chi connectivity index (χ4n) is 2.80. The van der Waals surface area contributed by atoms with Gasteiger partial charge >= 0.3 is 5.69 Å². The Labute approximate surface area is 127 Å². The molecule has 0 radical (unpaired) electrons. The van der Waals surface area contributed by atoms with Crippen LogP contribution in [0.2, 0.25) is 0 Å². The number of ether oxygens (including phenoxy) is 1. The first kappa shape index (κ1) is 12.9. The van der Waals surface area contributed by atoms with E-state index in [0.717, 1.165) is 41.2 Å². The summed E-state index contributed by atoms with van der Waals surface area (Å²) < 4.78 is 7.49. The number of aromatic nitrogens is 3. The highest BCUT2D eigenvalue weighted by Gasteiger charge is 2.19. The maximum absolute atomic E-state index is 11.8. The lowest BCUT2D eigenvalue weighted by molar-refractivity contribution is 0.306. The lowest BCUT2D eigenvalue weighted by atomic mass is 10.0. The van der Waals surface area contributed by atoms with Crippen molar-refractivity contribution >= 4 is 0 Å². The molecule has 0 amide bonds. The Morgan fingerprint density at radius 2 is 2.00 bits per heavy atom. The molecular formula is C17H15N3O2. The van der Waals surface area contributed by atoms with Gasteiger partial charge in [0.1, 0.15) is 18.2 Å². The molecule has 0 unspecified atom stereocenters. The molecule has 5 heteroatoms. The number of hydrogen-bond donors (Lipinski definition) is 1. The van der Waals surface area contributed by atoms with Crippen molar-refractivity contribution in [2.24, 2.45) is 0 Å². The van der Waals surface area contributed by atoms with Gasteiger partial charge in [-0.25, -0.2) is 14.5 Å². The summed E-state index contributed by atoms with van der Waals surface area (Å²) in [5, 5.41) is 6.56. The van der Waals surface area contributed by atoms with Crippen LogP contribution < -0.4 is 10.4 Å². The lowest BCUT2D eigenvalue weighted by Gasteiger charge is -2.18. The van der Waals surface area contributed by atoms with Crippen LogP contribution in [0.15, 0.2) is 53.3 Å². The van der Waals surface area contributed by atoms with Crippen LogP contribution in [-0.4, -0.2) is 14.8 Å². The van der Waals surface area contributed by atoms with Crippen molar-refractivity contribution in [1.29, 1.82) is 0 Å². The van der Waals surface area contributed by atoms with Gasteiger partial charge in [-0.3, -0.25) is 0 Å². The summed E-state index contributed by atoms with van der Waals surface area (Å²) >= 11 is 0. The van der Waals surface area contributed by atoms with Crippen LogP contribution >= 0.6 is 0 Å². The van der Waals surface area contributed by atoms with Crippen LogP contribution in [0.4, 0.5) is 0 Å². The van der Waals surface area contributed by atoms with Crippen molar-refractivity contribution in [2.75, 3.05) is 0 Å². The van der Waals surface area contributed by atoms with Gasteiger partial charge in [0.05, 0.1) is 5.69 Å². The Kier molecular flexibility index (Phi) is 3.04. The predicted octanol–water partition coefficient (Wildman–Crippen LogP) is 2.24. The molecule has 0 saturated carbocycles. The van der Waals surface area contributed by atoms with E-state index >= 15 is 0 Å². The van der Waals surface area contributed by atoms with Crippen molar-refractivity contribution < 1.29 is 4.74 Å². The summed E-state index contributed by atoms with van der Waals surface area (Å²) in [6.07, 6.45) is 1.62. The SMILES string of the molecule is O=c1[nH]nc2n1-c1ccc(OCc3ccccc3)cc1CC2. The molecule has 1 aromatic heterocycles. The van der Waals surface area contributed by atoms with Crippen molar-refractivity contribution in [2.45, 2.75) is 19.4 Å². The topological polar surface area (TPSA) is 59.9 Å². The highest BCUT2D eigenvalue weighted by Crippen LogP contribution is 2.26. The molecule has 0 saturated heterocycles. The van der Waals surface area contributed by atoms with Crippen molar-refractivity contribution in [3.05, 3.63) is 76.0 Å². The third-order valence-electron chi connectivity index (χ3n) is 3.90. The van der Waals surface area contributed by atoms with E-state index in [-0.39, 0.29) is 5.69 Å². The van der Waals surface area contributed by atoms with Crippen LogP contribution in [-0.2, 0) is 19.4 Å². The Morgan fingerprint density at radius 1 is 1.14 bits per heavy atom. The van der Waals surface area contributed by atoms with Crippen molar-refractivity contribution in [3.8, 4) is 11.4 Å². The largest absolute Gasteiger partial charge is 0.489 e. The number of fused-ring (bicyclic) bond motifs is 3. The first-order valence-corrected chi connectivity index (χ1v) is 7.27. The average Bonchev–Trinajstić information content (AvgIpc) is 2.95. The fourth-order valence-corrected chi connectivity index (χ4v) is 2.80. The van der Waals surface area contributed by atoms with Crippen molar-refractivity contribution in [3.63, 3.8) is 0 Å². The van der Waals surface area contributed by atoms with Crippen LogP contribution in [0.3, 0.4) is 0 Å². The molecule has 0 atom stereocenters. The Bertz CT molecular complexity index is 865. The minimum Gasteiger partial charge on any atom is -0.489 e. The zero-order chi connectivity index (χ0) is 14.9. The summed E-state index contributed by atoms with van der Waals surface area (Å²) in [5.74, 6) is 1.61. The smallest absolute Gasteiger partial charge is 0.347 e. The van der Waals surface area contributed by atoms with Crippen LogP contribution in [0.1, 0.15) is 17.0 Å². The first-order chi connectivity index (χ1) is 10.8. The first-order valence-electron chi connectivity index (χ1n) is 7.27. The molecule has 4 rings (SSSR count).